The highest BCUT2D eigenvalue weighted by Gasteiger charge is 2.59. The molecule has 1 heterocycles. The first-order valence-corrected chi connectivity index (χ1v) is 9.42. The van der Waals surface area contributed by atoms with Crippen molar-refractivity contribution in [1.82, 2.24) is 0 Å². The molecule has 1 aliphatic heterocycles. The maximum Gasteiger partial charge on any atom is 0.0975 e. The first-order valence-electron chi connectivity index (χ1n) is 9.42. The predicted molar refractivity (Wildman–Crippen MR) is 97.4 cm³/mol. The minimum Gasteiger partial charge on any atom is -0.314 e. The Labute approximate surface area is 141 Å². The quantitative estimate of drug-likeness (QED) is 0.562. The maximum absolute atomic E-state index is 4.08. The molecule has 1 heteroatoms. The van der Waals surface area contributed by atoms with Gasteiger partial charge < -0.3 is 4.48 Å². The van der Waals surface area contributed by atoms with Crippen molar-refractivity contribution in [2.45, 2.75) is 50.0 Å². The summed E-state index contributed by atoms with van der Waals surface area (Å²) < 4.78 is 1.20. The molecule has 0 spiro atoms. The predicted octanol–water partition coefficient (Wildman–Crippen LogP) is 4.63. The van der Waals surface area contributed by atoms with Crippen LogP contribution in [0.4, 0.5) is 0 Å². The van der Waals surface area contributed by atoms with E-state index in [9.17, 15) is 0 Å². The van der Waals surface area contributed by atoms with E-state index < -0.39 is 0 Å². The average Bonchev–Trinajstić information content (AvgIpc) is 2.59. The molecule has 2 fully saturated rings. The van der Waals surface area contributed by atoms with Gasteiger partial charge in [-0.1, -0.05) is 50.3 Å². The van der Waals surface area contributed by atoms with Gasteiger partial charge in [0, 0.05) is 24.2 Å². The fourth-order valence-electron chi connectivity index (χ4n) is 6.36. The summed E-state index contributed by atoms with van der Waals surface area (Å²) in [4.78, 5) is 0. The normalized spacial score (nSPS) is 34.1. The number of likely N-dealkylation sites (tertiary alicyclic amines) is 1. The van der Waals surface area contributed by atoms with Gasteiger partial charge in [-0.15, -0.1) is 0 Å². The molecule has 122 valence electrons. The van der Waals surface area contributed by atoms with Crippen LogP contribution in [0.5, 0.6) is 0 Å². The van der Waals surface area contributed by atoms with Gasteiger partial charge in [-0.3, -0.25) is 0 Å². The smallest absolute Gasteiger partial charge is 0.0975 e. The van der Waals surface area contributed by atoms with Crippen molar-refractivity contribution in [1.29, 1.82) is 0 Å². The van der Waals surface area contributed by atoms with Crippen molar-refractivity contribution in [3.05, 3.63) is 60.7 Å². The van der Waals surface area contributed by atoms with Gasteiger partial charge in [-0.25, -0.2) is 0 Å². The van der Waals surface area contributed by atoms with Crippen LogP contribution in [0.1, 0.15) is 43.2 Å². The zero-order valence-corrected chi connectivity index (χ0v) is 14.3. The van der Waals surface area contributed by atoms with E-state index in [1.165, 1.54) is 49.6 Å². The van der Waals surface area contributed by atoms with Crippen LogP contribution in [0.2, 0.25) is 0 Å². The van der Waals surface area contributed by atoms with Gasteiger partial charge in [0.25, 0.3) is 0 Å². The Morgan fingerprint density at radius 2 is 1.87 bits per heavy atom. The van der Waals surface area contributed by atoms with E-state index in [0.29, 0.717) is 5.41 Å². The lowest BCUT2D eigenvalue weighted by molar-refractivity contribution is -0.952. The molecule has 0 radical (unpaired) electrons. The van der Waals surface area contributed by atoms with Gasteiger partial charge in [0.05, 0.1) is 25.7 Å². The van der Waals surface area contributed by atoms with Gasteiger partial charge in [-0.2, -0.15) is 0 Å². The van der Waals surface area contributed by atoms with Crippen LogP contribution in [0, 0.1) is 5.92 Å². The first-order chi connectivity index (χ1) is 11.3. The van der Waals surface area contributed by atoms with Crippen molar-refractivity contribution in [2.75, 3.05) is 19.6 Å². The average molecular weight is 308 g/mol. The van der Waals surface area contributed by atoms with Gasteiger partial charge in [0.1, 0.15) is 0 Å². The molecule has 0 aromatic heterocycles. The second-order valence-electron chi connectivity index (χ2n) is 8.07. The van der Waals surface area contributed by atoms with Crippen LogP contribution < -0.4 is 0 Å². The molecule has 1 saturated heterocycles. The van der Waals surface area contributed by atoms with E-state index in [-0.39, 0.29) is 0 Å². The monoisotopic (exact) mass is 308 g/mol. The number of nitrogens with zero attached hydrogens (tertiary/aromatic N) is 1. The van der Waals surface area contributed by atoms with Crippen LogP contribution in [-0.2, 0) is 11.8 Å². The lowest BCUT2D eigenvalue weighted by atomic mass is 9.51. The maximum atomic E-state index is 4.08. The van der Waals surface area contributed by atoms with E-state index in [1.54, 1.807) is 11.1 Å². The molecule has 2 aliphatic carbocycles. The molecular formula is C22H30N+. The fraction of sp³-hybridized carbons (Fsp3) is 0.545. The second-order valence-corrected chi connectivity index (χ2v) is 8.07. The standard InChI is InChI=1S/C22H30N/c1-3-14-23(15-4-2)16-13-22-12-8-7-11-20(22)21(23)17-18-9-5-6-10-19(18)22/h3-6,9-10,20-21H,1-2,7-8,11-17H2/q+1/t20-,21+,22-/m0/s1. The largest absolute Gasteiger partial charge is 0.314 e. The summed E-state index contributed by atoms with van der Waals surface area (Å²) >= 11 is 0. The summed E-state index contributed by atoms with van der Waals surface area (Å²) in [5.74, 6) is 0.861. The third-order valence-corrected chi connectivity index (χ3v) is 7.24. The Bertz CT molecular complexity index is 606. The van der Waals surface area contributed by atoms with Crippen LogP contribution in [0.3, 0.4) is 0 Å². The minimum atomic E-state index is 0.474. The molecule has 1 nitrogen and oxygen atoms in total. The van der Waals surface area contributed by atoms with Gasteiger partial charge >= 0.3 is 0 Å². The number of benzene rings is 1. The lowest BCUT2D eigenvalue weighted by Gasteiger charge is -2.62. The summed E-state index contributed by atoms with van der Waals surface area (Å²) in [5.41, 5.74) is 3.81. The number of fused-ring (bicyclic) bond motifs is 1. The number of piperidine rings is 1. The minimum absolute atomic E-state index is 0.474. The number of hydrogen-bond donors (Lipinski definition) is 0. The fourth-order valence-corrected chi connectivity index (χ4v) is 6.36. The van der Waals surface area contributed by atoms with Gasteiger partial charge in [0.15, 0.2) is 0 Å². The van der Waals surface area contributed by atoms with E-state index in [1.807, 2.05) is 0 Å². The Balaban J connectivity index is 1.85. The Morgan fingerprint density at radius 3 is 2.65 bits per heavy atom. The summed E-state index contributed by atoms with van der Waals surface area (Å²) in [6, 6.07) is 10.1. The molecule has 1 aromatic rings. The third-order valence-electron chi connectivity index (χ3n) is 7.24. The number of rotatable bonds is 4. The number of quaternary nitrogens is 1. The van der Waals surface area contributed by atoms with Crippen LogP contribution in [-0.4, -0.2) is 30.2 Å². The summed E-state index contributed by atoms with van der Waals surface area (Å²) in [5, 5.41) is 0. The molecule has 2 bridgehead atoms. The van der Waals surface area contributed by atoms with E-state index >= 15 is 0 Å². The summed E-state index contributed by atoms with van der Waals surface area (Å²) in [6.07, 6.45) is 12.6. The second kappa shape index (κ2) is 5.63. The highest BCUT2D eigenvalue weighted by molar-refractivity contribution is 5.40. The first kappa shape index (κ1) is 15.2. The lowest BCUT2D eigenvalue weighted by Crippen LogP contribution is -2.70. The molecule has 0 unspecified atom stereocenters. The van der Waals surface area contributed by atoms with Crippen molar-refractivity contribution >= 4 is 0 Å². The van der Waals surface area contributed by atoms with E-state index in [4.69, 9.17) is 0 Å². The highest BCUT2D eigenvalue weighted by Crippen LogP contribution is 2.57. The topological polar surface area (TPSA) is 0 Å². The number of hydrogen-bond acceptors (Lipinski definition) is 0. The highest BCUT2D eigenvalue weighted by atomic mass is 15.4. The van der Waals surface area contributed by atoms with E-state index in [2.05, 4.69) is 49.6 Å². The molecular weight excluding hydrogens is 278 g/mol. The van der Waals surface area contributed by atoms with Crippen molar-refractivity contribution in [3.63, 3.8) is 0 Å². The molecule has 0 amide bonds. The SMILES string of the molecule is C=CC[N+]1(CC=C)CC[C@]23CCCC[C@H]2[C@H]1Cc1ccccc13. The van der Waals surface area contributed by atoms with Crippen LogP contribution in [0.25, 0.3) is 0 Å². The Kier molecular flexibility index (Phi) is 3.72. The van der Waals surface area contributed by atoms with Crippen molar-refractivity contribution in [3.8, 4) is 0 Å². The van der Waals surface area contributed by atoms with Crippen LogP contribution >= 0.6 is 0 Å². The Morgan fingerprint density at radius 1 is 1.09 bits per heavy atom. The molecule has 1 saturated carbocycles. The zero-order chi connectivity index (χ0) is 15.9. The summed E-state index contributed by atoms with van der Waals surface area (Å²) in [6.45, 7) is 11.7. The molecule has 3 atom stereocenters. The third kappa shape index (κ3) is 2.09. The Hall–Kier alpha value is -1.34. The van der Waals surface area contributed by atoms with Gasteiger partial charge in [-0.05, 0) is 36.1 Å². The molecule has 23 heavy (non-hydrogen) atoms. The molecule has 1 aromatic carbocycles. The molecule has 0 N–H and O–H groups in total. The van der Waals surface area contributed by atoms with Gasteiger partial charge in [0.2, 0.25) is 0 Å². The molecule has 4 rings (SSSR count). The van der Waals surface area contributed by atoms with Crippen LogP contribution in [0.15, 0.2) is 49.6 Å². The molecule has 3 aliphatic rings. The zero-order valence-electron chi connectivity index (χ0n) is 14.3. The van der Waals surface area contributed by atoms with E-state index in [0.717, 1.165) is 25.0 Å². The summed E-state index contributed by atoms with van der Waals surface area (Å²) in [7, 11) is 0. The van der Waals surface area contributed by atoms with Crippen molar-refractivity contribution < 1.29 is 4.48 Å². The van der Waals surface area contributed by atoms with Crippen molar-refractivity contribution in [2.24, 2.45) is 5.92 Å².